The van der Waals surface area contributed by atoms with E-state index in [1.807, 2.05) is 54.6 Å². The van der Waals surface area contributed by atoms with Crippen LogP contribution in [-0.2, 0) is 0 Å². The average Bonchev–Trinajstić information content (AvgIpc) is 2.71. The first-order valence-electron chi connectivity index (χ1n) is 8.15. The number of benzene rings is 3. The van der Waals surface area contributed by atoms with Crippen molar-refractivity contribution in [1.82, 2.24) is 4.98 Å². The maximum absolute atomic E-state index is 13.2. The SMILES string of the molecule is N#Cc1ccc(-c2[nH]c3ccccc3c(=O)c2[Se]c2ccccc2)cc1. The van der Waals surface area contributed by atoms with E-state index in [-0.39, 0.29) is 20.4 Å². The van der Waals surface area contributed by atoms with Crippen LogP contribution < -0.4 is 14.4 Å². The van der Waals surface area contributed by atoms with Gasteiger partial charge in [-0.2, -0.15) is 0 Å². The molecule has 4 heteroatoms. The molecule has 0 saturated heterocycles. The van der Waals surface area contributed by atoms with E-state index in [1.54, 1.807) is 12.1 Å². The molecule has 0 unspecified atom stereocenters. The van der Waals surface area contributed by atoms with Gasteiger partial charge in [0.1, 0.15) is 0 Å². The minimum atomic E-state index is -0.123. The Bertz CT molecular complexity index is 1170. The van der Waals surface area contributed by atoms with E-state index in [2.05, 4.69) is 23.2 Å². The van der Waals surface area contributed by atoms with Crippen molar-refractivity contribution in [3.8, 4) is 17.3 Å². The van der Waals surface area contributed by atoms with Crippen molar-refractivity contribution in [3.63, 3.8) is 0 Å². The fourth-order valence-corrected chi connectivity index (χ4v) is 4.94. The fraction of sp³-hybridized carbons (Fsp3) is 0. The molecule has 1 N–H and O–H groups in total. The Labute approximate surface area is 157 Å². The summed E-state index contributed by atoms with van der Waals surface area (Å²) in [6.07, 6.45) is 0. The first kappa shape index (κ1) is 16.4. The first-order chi connectivity index (χ1) is 12.8. The summed E-state index contributed by atoms with van der Waals surface area (Å²) in [6.45, 7) is 0. The van der Waals surface area contributed by atoms with E-state index in [4.69, 9.17) is 5.26 Å². The summed E-state index contributed by atoms with van der Waals surface area (Å²) in [5.41, 5.74) is 3.25. The molecular weight excluding hydrogens is 387 g/mol. The standard InChI is InChI=1S/C22H14N2OSe/c23-14-15-10-12-16(13-11-15)20-22(26-17-6-2-1-3-7-17)21(25)18-8-4-5-9-19(18)24-20/h1-13H,(H,24,25). The van der Waals surface area contributed by atoms with Crippen LogP contribution in [0, 0.1) is 11.3 Å². The Morgan fingerprint density at radius 3 is 2.27 bits per heavy atom. The Hall–Kier alpha value is -3.12. The van der Waals surface area contributed by atoms with Gasteiger partial charge in [0.2, 0.25) is 0 Å². The van der Waals surface area contributed by atoms with Gasteiger partial charge in [-0.1, -0.05) is 0 Å². The van der Waals surface area contributed by atoms with E-state index in [1.165, 1.54) is 0 Å². The Morgan fingerprint density at radius 2 is 1.54 bits per heavy atom. The summed E-state index contributed by atoms with van der Waals surface area (Å²) in [5, 5.41) is 9.74. The fourth-order valence-electron chi connectivity index (χ4n) is 2.84. The third-order valence-corrected chi connectivity index (χ3v) is 6.44. The molecule has 0 fully saturated rings. The molecule has 0 aliphatic carbocycles. The number of nitriles is 1. The molecule has 1 aromatic heterocycles. The number of aromatic amines is 1. The monoisotopic (exact) mass is 402 g/mol. The number of H-pyrrole nitrogens is 1. The van der Waals surface area contributed by atoms with Crippen LogP contribution in [0.25, 0.3) is 22.2 Å². The zero-order valence-corrected chi connectivity index (χ0v) is 15.5. The molecule has 26 heavy (non-hydrogen) atoms. The molecule has 0 atom stereocenters. The first-order valence-corrected chi connectivity index (χ1v) is 9.86. The van der Waals surface area contributed by atoms with E-state index < -0.39 is 0 Å². The molecule has 3 nitrogen and oxygen atoms in total. The summed E-state index contributed by atoms with van der Waals surface area (Å²) in [5.74, 6) is 0. The van der Waals surface area contributed by atoms with Crippen LogP contribution in [0.3, 0.4) is 0 Å². The van der Waals surface area contributed by atoms with Gasteiger partial charge >= 0.3 is 157 Å². The van der Waals surface area contributed by atoms with Crippen molar-refractivity contribution in [2.24, 2.45) is 0 Å². The van der Waals surface area contributed by atoms with Crippen molar-refractivity contribution in [3.05, 3.63) is 94.6 Å². The summed E-state index contributed by atoms with van der Waals surface area (Å²) in [4.78, 5) is 16.6. The number of rotatable bonds is 3. The Balaban J connectivity index is 1.95. The summed E-state index contributed by atoms with van der Waals surface area (Å²) < 4.78 is 1.95. The third-order valence-electron chi connectivity index (χ3n) is 4.13. The van der Waals surface area contributed by atoms with Gasteiger partial charge in [0.05, 0.1) is 0 Å². The quantitative estimate of drug-likeness (QED) is 0.537. The van der Waals surface area contributed by atoms with E-state index in [0.29, 0.717) is 10.9 Å². The van der Waals surface area contributed by atoms with Gasteiger partial charge in [0.15, 0.2) is 0 Å². The van der Waals surface area contributed by atoms with E-state index in [9.17, 15) is 4.79 Å². The number of hydrogen-bond donors (Lipinski definition) is 1. The van der Waals surface area contributed by atoms with Crippen LogP contribution in [0.2, 0.25) is 0 Å². The third kappa shape index (κ3) is 3.07. The number of fused-ring (bicyclic) bond motifs is 1. The minimum absolute atomic E-state index is 0.0718. The van der Waals surface area contributed by atoms with Gasteiger partial charge in [-0.05, 0) is 0 Å². The van der Waals surface area contributed by atoms with Crippen molar-refractivity contribution < 1.29 is 0 Å². The molecule has 0 amide bonds. The molecule has 0 aliphatic rings. The number of aromatic nitrogens is 1. The molecule has 124 valence electrons. The molecule has 4 rings (SSSR count). The summed E-state index contributed by atoms with van der Waals surface area (Å²) in [6, 6.07) is 27.1. The molecule has 0 saturated carbocycles. The van der Waals surface area contributed by atoms with Crippen molar-refractivity contribution in [2.45, 2.75) is 0 Å². The second-order valence-electron chi connectivity index (χ2n) is 5.81. The predicted molar refractivity (Wildman–Crippen MR) is 106 cm³/mol. The van der Waals surface area contributed by atoms with E-state index >= 15 is 0 Å². The normalized spacial score (nSPS) is 10.6. The summed E-state index contributed by atoms with van der Waals surface area (Å²) in [7, 11) is 0. The number of pyridine rings is 1. The van der Waals surface area contributed by atoms with Crippen LogP contribution in [0.15, 0.2) is 83.7 Å². The van der Waals surface area contributed by atoms with E-state index in [0.717, 1.165) is 25.7 Å². The molecule has 3 aromatic carbocycles. The van der Waals surface area contributed by atoms with Crippen molar-refractivity contribution >= 4 is 34.8 Å². The van der Waals surface area contributed by atoms with Crippen LogP contribution >= 0.6 is 0 Å². The maximum atomic E-state index is 13.2. The predicted octanol–water partition coefficient (Wildman–Crippen LogP) is 2.72. The zero-order chi connectivity index (χ0) is 17.9. The molecule has 0 aliphatic heterocycles. The molecule has 1 heterocycles. The Morgan fingerprint density at radius 1 is 0.846 bits per heavy atom. The van der Waals surface area contributed by atoms with Crippen molar-refractivity contribution in [2.75, 3.05) is 0 Å². The number of nitrogens with one attached hydrogen (secondary N) is 1. The van der Waals surface area contributed by atoms with Gasteiger partial charge in [0, 0.05) is 0 Å². The zero-order valence-electron chi connectivity index (χ0n) is 13.8. The molecule has 0 radical (unpaired) electrons. The average molecular weight is 401 g/mol. The number of para-hydroxylation sites is 1. The van der Waals surface area contributed by atoms with Crippen LogP contribution in [0.5, 0.6) is 0 Å². The van der Waals surface area contributed by atoms with Gasteiger partial charge in [0.25, 0.3) is 0 Å². The van der Waals surface area contributed by atoms with Gasteiger partial charge < -0.3 is 0 Å². The van der Waals surface area contributed by atoms with Crippen molar-refractivity contribution in [1.29, 1.82) is 5.26 Å². The topological polar surface area (TPSA) is 56.6 Å². The van der Waals surface area contributed by atoms with Gasteiger partial charge in [-0.25, -0.2) is 0 Å². The van der Waals surface area contributed by atoms with Crippen LogP contribution in [0.4, 0.5) is 0 Å². The van der Waals surface area contributed by atoms with Crippen LogP contribution in [0.1, 0.15) is 5.56 Å². The molecule has 4 aromatic rings. The van der Waals surface area contributed by atoms with Gasteiger partial charge in [-0.3, -0.25) is 0 Å². The van der Waals surface area contributed by atoms with Crippen LogP contribution in [-0.4, -0.2) is 19.9 Å². The number of nitrogens with zero attached hydrogens (tertiary/aromatic N) is 1. The number of hydrogen-bond acceptors (Lipinski definition) is 2. The second-order valence-corrected chi connectivity index (χ2v) is 8.08. The van der Waals surface area contributed by atoms with Gasteiger partial charge in [-0.15, -0.1) is 0 Å². The second kappa shape index (κ2) is 7.01. The molecule has 0 spiro atoms. The Kier molecular flexibility index (Phi) is 4.41. The molecule has 0 bridgehead atoms. The molecular formula is C22H14N2OSe. The summed E-state index contributed by atoms with van der Waals surface area (Å²) >= 11 is -0.123.